The zero-order valence-corrected chi connectivity index (χ0v) is 21.0. The van der Waals surface area contributed by atoms with Crippen molar-refractivity contribution in [3.8, 4) is 0 Å². The fourth-order valence-electron chi connectivity index (χ4n) is 7.70. The molecule has 31 heavy (non-hydrogen) atoms. The lowest BCUT2D eigenvalue weighted by atomic mass is 9.60. The van der Waals surface area contributed by atoms with Gasteiger partial charge in [0.05, 0.1) is 11.9 Å². The fourth-order valence-corrected chi connectivity index (χ4v) is 9.77. The van der Waals surface area contributed by atoms with Crippen LogP contribution < -0.4 is 0 Å². The summed E-state index contributed by atoms with van der Waals surface area (Å²) in [4.78, 5) is 0. The van der Waals surface area contributed by atoms with Gasteiger partial charge in [0.15, 0.2) is 9.84 Å². The van der Waals surface area contributed by atoms with Gasteiger partial charge in [0, 0.05) is 0 Å². The van der Waals surface area contributed by atoms with E-state index < -0.39 is 15.1 Å². The summed E-state index contributed by atoms with van der Waals surface area (Å²) in [6, 6.07) is 0. The van der Waals surface area contributed by atoms with Crippen molar-refractivity contribution in [3.63, 3.8) is 0 Å². The van der Waals surface area contributed by atoms with Crippen molar-refractivity contribution in [2.24, 2.45) is 29.1 Å². The number of sulfone groups is 1. The largest absolute Gasteiger partial charge is 0.393 e. The molecule has 1 heterocycles. The summed E-state index contributed by atoms with van der Waals surface area (Å²) >= 11 is 0. The maximum absolute atomic E-state index is 13.1. The lowest BCUT2D eigenvalue weighted by Gasteiger charge is -2.44. The van der Waals surface area contributed by atoms with Crippen LogP contribution in [0.5, 0.6) is 0 Å². The van der Waals surface area contributed by atoms with Crippen LogP contribution in [0.25, 0.3) is 0 Å². The summed E-state index contributed by atoms with van der Waals surface area (Å²) in [5, 5.41) is 9.73. The third-order valence-corrected chi connectivity index (χ3v) is 11.3. The standard InChI is InChI=1S/C27H44O3S/c1-18(2)7-5-8-19(3)24-12-13-25-20(9-6-14-27(24,25)4)15-26-23-16-22(28)11-10-21(23)17-31(26,29)30/h15,18-19,22,24-26,28H,5-14,16-17H2,1-4H3/b20-15+/t19-,22+,24-,25+,26?,27-/m1/s1. The highest BCUT2D eigenvalue weighted by Gasteiger charge is 2.51. The molecule has 2 saturated carbocycles. The number of aliphatic hydroxyl groups is 1. The molecule has 1 N–H and O–H groups in total. The average molecular weight is 449 g/mol. The Morgan fingerprint density at radius 1 is 1.13 bits per heavy atom. The first-order valence-electron chi connectivity index (χ1n) is 12.9. The van der Waals surface area contributed by atoms with Crippen LogP contribution in [0, 0.1) is 29.1 Å². The molecule has 1 aliphatic heterocycles. The summed E-state index contributed by atoms with van der Waals surface area (Å²) in [6.45, 7) is 9.62. The average Bonchev–Trinajstić information content (AvgIpc) is 3.16. The molecular weight excluding hydrogens is 404 g/mol. The van der Waals surface area contributed by atoms with Crippen molar-refractivity contribution < 1.29 is 13.5 Å². The molecule has 0 aromatic heterocycles. The first-order valence-corrected chi connectivity index (χ1v) is 14.6. The predicted octanol–water partition coefficient (Wildman–Crippen LogP) is 6.23. The molecule has 4 rings (SSSR count). The van der Waals surface area contributed by atoms with Gasteiger partial charge in [-0.05, 0) is 86.0 Å². The lowest BCUT2D eigenvalue weighted by Crippen LogP contribution is -2.36. The van der Waals surface area contributed by atoms with Crippen LogP contribution in [-0.4, -0.2) is 30.6 Å². The molecule has 0 aromatic carbocycles. The highest BCUT2D eigenvalue weighted by Crippen LogP contribution is 2.60. The van der Waals surface area contributed by atoms with E-state index in [2.05, 4.69) is 33.8 Å². The van der Waals surface area contributed by atoms with Gasteiger partial charge in [-0.1, -0.05) is 64.2 Å². The number of hydrogen-bond donors (Lipinski definition) is 1. The Kier molecular flexibility index (Phi) is 6.81. The summed E-state index contributed by atoms with van der Waals surface area (Å²) in [5.41, 5.74) is 3.89. The second-order valence-electron chi connectivity index (χ2n) is 11.9. The molecule has 176 valence electrons. The van der Waals surface area contributed by atoms with Gasteiger partial charge in [0.25, 0.3) is 0 Å². The van der Waals surface area contributed by atoms with E-state index in [0.29, 0.717) is 24.2 Å². The van der Waals surface area contributed by atoms with Crippen LogP contribution >= 0.6 is 0 Å². The van der Waals surface area contributed by atoms with Gasteiger partial charge in [0.1, 0.15) is 5.25 Å². The van der Waals surface area contributed by atoms with Crippen LogP contribution in [-0.2, 0) is 9.84 Å². The lowest BCUT2D eigenvalue weighted by molar-refractivity contribution is 0.0926. The first kappa shape index (κ1) is 23.5. The predicted molar refractivity (Wildman–Crippen MR) is 129 cm³/mol. The molecule has 2 fully saturated rings. The molecule has 0 aromatic rings. The Morgan fingerprint density at radius 2 is 1.90 bits per heavy atom. The minimum absolute atomic E-state index is 0.223. The zero-order valence-electron chi connectivity index (χ0n) is 20.2. The first-order chi connectivity index (χ1) is 14.6. The molecule has 1 unspecified atom stereocenters. The van der Waals surface area contributed by atoms with Crippen molar-refractivity contribution in [1.29, 1.82) is 0 Å². The van der Waals surface area contributed by atoms with E-state index in [9.17, 15) is 13.5 Å². The molecule has 3 nitrogen and oxygen atoms in total. The van der Waals surface area contributed by atoms with Crippen molar-refractivity contribution in [3.05, 3.63) is 22.8 Å². The topological polar surface area (TPSA) is 54.4 Å². The Bertz CT molecular complexity index is 837. The molecule has 6 atom stereocenters. The van der Waals surface area contributed by atoms with Crippen molar-refractivity contribution in [2.75, 3.05) is 5.75 Å². The van der Waals surface area contributed by atoms with Gasteiger partial charge in [0.2, 0.25) is 0 Å². The SMILES string of the molecule is CC(C)CCC[C@@H](C)[C@H]1CC[C@H]2/C(=C/C3C4=C(CC[C@H](O)C4)CS3(=O)=O)CCC[C@]12C. The maximum atomic E-state index is 13.1. The fraction of sp³-hybridized carbons (Fsp3) is 0.852. The summed E-state index contributed by atoms with van der Waals surface area (Å²) in [5.74, 6) is 3.08. The second-order valence-corrected chi connectivity index (χ2v) is 14.0. The van der Waals surface area contributed by atoms with E-state index in [4.69, 9.17) is 0 Å². The van der Waals surface area contributed by atoms with Gasteiger partial charge in [-0.2, -0.15) is 0 Å². The number of rotatable bonds is 6. The number of hydrogen-bond acceptors (Lipinski definition) is 3. The molecule has 0 bridgehead atoms. The van der Waals surface area contributed by atoms with E-state index in [0.717, 1.165) is 41.7 Å². The van der Waals surface area contributed by atoms with Crippen LogP contribution in [0.2, 0.25) is 0 Å². The molecule has 0 saturated heterocycles. The minimum Gasteiger partial charge on any atom is -0.393 e. The van der Waals surface area contributed by atoms with Crippen molar-refractivity contribution >= 4 is 9.84 Å². The number of fused-ring (bicyclic) bond motifs is 1. The molecule has 4 heteroatoms. The Labute approximate surface area is 190 Å². The highest BCUT2D eigenvalue weighted by atomic mass is 32.2. The van der Waals surface area contributed by atoms with E-state index in [1.54, 1.807) is 0 Å². The summed E-state index contributed by atoms with van der Waals surface area (Å²) in [7, 11) is -3.15. The van der Waals surface area contributed by atoms with Crippen LogP contribution in [0.3, 0.4) is 0 Å². The van der Waals surface area contributed by atoms with Crippen molar-refractivity contribution in [2.45, 2.75) is 110 Å². The molecular formula is C27H44O3S. The summed E-state index contributed by atoms with van der Waals surface area (Å²) in [6.07, 6.45) is 13.9. The molecule has 0 spiro atoms. The zero-order chi connectivity index (χ0) is 22.4. The van der Waals surface area contributed by atoms with E-state index in [1.165, 1.54) is 50.5 Å². The van der Waals surface area contributed by atoms with Gasteiger partial charge in [-0.3, -0.25) is 0 Å². The Morgan fingerprint density at radius 3 is 2.65 bits per heavy atom. The van der Waals surface area contributed by atoms with E-state index >= 15 is 0 Å². The quantitative estimate of drug-likeness (QED) is 0.490. The third-order valence-electron chi connectivity index (χ3n) is 9.33. The van der Waals surface area contributed by atoms with E-state index in [1.807, 2.05) is 0 Å². The third kappa shape index (κ3) is 4.58. The minimum atomic E-state index is -3.15. The normalized spacial score (nSPS) is 39.7. The smallest absolute Gasteiger partial charge is 0.164 e. The van der Waals surface area contributed by atoms with Crippen molar-refractivity contribution in [1.82, 2.24) is 0 Å². The van der Waals surface area contributed by atoms with Gasteiger partial charge < -0.3 is 5.11 Å². The van der Waals surface area contributed by atoms with E-state index in [-0.39, 0.29) is 11.9 Å². The molecule has 0 radical (unpaired) electrons. The number of aliphatic hydroxyl groups excluding tert-OH is 1. The maximum Gasteiger partial charge on any atom is 0.164 e. The molecule has 0 amide bonds. The van der Waals surface area contributed by atoms with Gasteiger partial charge in [-0.15, -0.1) is 0 Å². The van der Waals surface area contributed by atoms with Crippen LogP contribution in [0.1, 0.15) is 98.3 Å². The Hall–Kier alpha value is -0.610. The number of allylic oxidation sites excluding steroid dienone is 1. The highest BCUT2D eigenvalue weighted by molar-refractivity contribution is 7.92. The summed E-state index contributed by atoms with van der Waals surface area (Å²) < 4.78 is 26.1. The monoisotopic (exact) mass is 448 g/mol. The molecule has 3 aliphatic carbocycles. The van der Waals surface area contributed by atoms with Crippen LogP contribution in [0.4, 0.5) is 0 Å². The van der Waals surface area contributed by atoms with Crippen LogP contribution in [0.15, 0.2) is 22.8 Å². The Balaban J connectivity index is 1.54. The molecule has 4 aliphatic rings. The second kappa shape index (κ2) is 8.97. The van der Waals surface area contributed by atoms with Gasteiger partial charge in [-0.25, -0.2) is 8.42 Å². The van der Waals surface area contributed by atoms with Gasteiger partial charge >= 0.3 is 0 Å².